The summed E-state index contributed by atoms with van der Waals surface area (Å²) >= 11 is 1.94. The fourth-order valence-corrected chi connectivity index (χ4v) is 4.68. The molecule has 0 amide bonds. The van der Waals surface area contributed by atoms with Gasteiger partial charge in [0.05, 0.1) is 17.8 Å². The Balaban J connectivity index is 1.92. The molecule has 19 heavy (non-hydrogen) atoms. The van der Waals surface area contributed by atoms with E-state index in [2.05, 4.69) is 19.2 Å². The van der Waals surface area contributed by atoms with E-state index in [1.54, 1.807) is 0 Å². The number of thiazole rings is 1. The second-order valence-electron chi connectivity index (χ2n) is 5.89. The standard InChI is InChI=1S/C15H24N2OS/c1-3-16-15(2,11-8-9-18-10-11)14-17-12-6-4-5-7-13(12)19-14/h11,16H,3-10H2,1-2H3. The van der Waals surface area contributed by atoms with Crippen molar-refractivity contribution in [2.45, 2.75) is 51.5 Å². The molecule has 0 spiro atoms. The second-order valence-corrected chi connectivity index (χ2v) is 6.97. The highest BCUT2D eigenvalue weighted by molar-refractivity contribution is 7.11. The molecule has 1 fully saturated rings. The second kappa shape index (κ2) is 5.51. The number of hydrogen-bond acceptors (Lipinski definition) is 4. The summed E-state index contributed by atoms with van der Waals surface area (Å²) in [5.41, 5.74) is 1.36. The maximum atomic E-state index is 5.61. The van der Waals surface area contributed by atoms with Crippen LogP contribution in [0.5, 0.6) is 0 Å². The van der Waals surface area contributed by atoms with Crippen molar-refractivity contribution in [2.75, 3.05) is 19.8 Å². The van der Waals surface area contributed by atoms with Gasteiger partial charge >= 0.3 is 0 Å². The van der Waals surface area contributed by atoms with Crippen LogP contribution in [0.25, 0.3) is 0 Å². The first-order valence-electron chi connectivity index (χ1n) is 7.56. The molecule has 3 nitrogen and oxygen atoms in total. The van der Waals surface area contributed by atoms with E-state index >= 15 is 0 Å². The molecule has 1 aromatic heterocycles. The van der Waals surface area contributed by atoms with Gasteiger partial charge in [-0.2, -0.15) is 0 Å². The van der Waals surface area contributed by atoms with Crippen LogP contribution in [-0.2, 0) is 23.1 Å². The third-order valence-electron chi connectivity index (χ3n) is 4.58. The Bertz CT molecular complexity index is 416. The highest BCUT2D eigenvalue weighted by atomic mass is 32.1. The number of rotatable bonds is 4. The number of fused-ring (bicyclic) bond motifs is 1. The molecule has 2 atom stereocenters. The van der Waals surface area contributed by atoms with Crippen LogP contribution in [0.4, 0.5) is 0 Å². The smallest absolute Gasteiger partial charge is 0.113 e. The summed E-state index contributed by atoms with van der Waals surface area (Å²) in [4.78, 5) is 6.52. The molecule has 0 saturated carbocycles. The molecule has 1 aliphatic heterocycles. The zero-order valence-corrected chi connectivity index (χ0v) is 12.8. The zero-order chi connectivity index (χ0) is 13.3. The van der Waals surface area contributed by atoms with Crippen molar-refractivity contribution in [3.05, 3.63) is 15.6 Å². The number of aromatic nitrogens is 1. The van der Waals surface area contributed by atoms with Gasteiger partial charge in [0.2, 0.25) is 0 Å². The lowest BCUT2D eigenvalue weighted by Gasteiger charge is -2.33. The predicted molar refractivity (Wildman–Crippen MR) is 78.7 cm³/mol. The number of hydrogen-bond donors (Lipinski definition) is 1. The van der Waals surface area contributed by atoms with Crippen molar-refractivity contribution in [3.63, 3.8) is 0 Å². The first-order valence-corrected chi connectivity index (χ1v) is 8.37. The van der Waals surface area contributed by atoms with Crippen molar-refractivity contribution in [2.24, 2.45) is 5.92 Å². The van der Waals surface area contributed by atoms with E-state index in [4.69, 9.17) is 9.72 Å². The molecule has 1 aliphatic carbocycles. The summed E-state index contributed by atoms with van der Waals surface area (Å²) < 4.78 is 5.61. The SMILES string of the molecule is CCNC(C)(c1nc2c(s1)CCCC2)C1CCOC1. The van der Waals surface area contributed by atoms with Crippen LogP contribution in [0, 0.1) is 5.92 Å². The average molecular weight is 280 g/mol. The molecular weight excluding hydrogens is 256 g/mol. The summed E-state index contributed by atoms with van der Waals surface area (Å²) in [6.45, 7) is 7.25. The topological polar surface area (TPSA) is 34.2 Å². The number of ether oxygens (including phenoxy) is 1. The lowest BCUT2D eigenvalue weighted by atomic mass is 9.85. The van der Waals surface area contributed by atoms with Gasteiger partial charge in [-0.15, -0.1) is 11.3 Å². The van der Waals surface area contributed by atoms with Gasteiger partial charge in [0.1, 0.15) is 5.01 Å². The Labute approximate surface area is 119 Å². The maximum absolute atomic E-state index is 5.61. The maximum Gasteiger partial charge on any atom is 0.113 e. The van der Waals surface area contributed by atoms with Gasteiger partial charge in [0.15, 0.2) is 0 Å². The lowest BCUT2D eigenvalue weighted by Crippen LogP contribution is -2.46. The van der Waals surface area contributed by atoms with E-state index in [1.165, 1.54) is 41.3 Å². The Morgan fingerprint density at radius 3 is 2.95 bits per heavy atom. The molecule has 106 valence electrons. The van der Waals surface area contributed by atoms with Gasteiger partial charge in [-0.05, 0) is 45.6 Å². The normalized spacial score (nSPS) is 26.1. The third-order valence-corrected chi connectivity index (χ3v) is 5.97. The lowest BCUT2D eigenvalue weighted by molar-refractivity contribution is 0.153. The Hall–Kier alpha value is -0.450. The highest BCUT2D eigenvalue weighted by Gasteiger charge is 2.40. The number of aryl methyl sites for hydroxylation is 2. The summed E-state index contributed by atoms with van der Waals surface area (Å²) in [7, 11) is 0. The van der Waals surface area contributed by atoms with Crippen molar-refractivity contribution < 1.29 is 4.74 Å². The Morgan fingerprint density at radius 1 is 1.42 bits per heavy atom. The van der Waals surface area contributed by atoms with E-state index in [0.717, 1.165) is 26.2 Å². The van der Waals surface area contributed by atoms with Gasteiger partial charge in [-0.3, -0.25) is 0 Å². The minimum absolute atomic E-state index is 0.00669. The van der Waals surface area contributed by atoms with Gasteiger partial charge in [-0.1, -0.05) is 6.92 Å². The Kier molecular flexibility index (Phi) is 3.92. The molecule has 4 heteroatoms. The minimum Gasteiger partial charge on any atom is -0.381 e. The van der Waals surface area contributed by atoms with Crippen molar-refractivity contribution in [1.82, 2.24) is 10.3 Å². The summed E-state index contributed by atoms with van der Waals surface area (Å²) in [5, 5.41) is 4.98. The minimum atomic E-state index is -0.00669. The molecule has 0 radical (unpaired) electrons. The first-order chi connectivity index (χ1) is 9.24. The molecule has 1 N–H and O–H groups in total. The number of nitrogens with zero attached hydrogens (tertiary/aromatic N) is 1. The van der Waals surface area contributed by atoms with Crippen LogP contribution < -0.4 is 5.32 Å². The molecule has 1 saturated heterocycles. The monoisotopic (exact) mass is 280 g/mol. The molecule has 0 aromatic carbocycles. The fourth-order valence-electron chi connectivity index (χ4n) is 3.33. The molecule has 2 unspecified atom stereocenters. The molecule has 2 aliphatic rings. The Morgan fingerprint density at radius 2 is 2.26 bits per heavy atom. The average Bonchev–Trinajstić information content (AvgIpc) is 3.08. The molecule has 2 heterocycles. The molecule has 1 aromatic rings. The van der Waals surface area contributed by atoms with Crippen molar-refractivity contribution >= 4 is 11.3 Å². The van der Waals surface area contributed by atoms with Crippen molar-refractivity contribution in [1.29, 1.82) is 0 Å². The summed E-state index contributed by atoms with van der Waals surface area (Å²) in [6, 6.07) is 0. The van der Waals surface area contributed by atoms with E-state index in [9.17, 15) is 0 Å². The van der Waals surface area contributed by atoms with E-state index in [1.807, 2.05) is 11.3 Å². The highest BCUT2D eigenvalue weighted by Crippen LogP contribution is 2.39. The van der Waals surface area contributed by atoms with Crippen LogP contribution in [0.1, 0.15) is 48.7 Å². The quantitative estimate of drug-likeness (QED) is 0.921. The first kappa shape index (κ1) is 13.5. The van der Waals surface area contributed by atoms with Gasteiger partial charge in [0.25, 0.3) is 0 Å². The number of nitrogens with one attached hydrogen (secondary N) is 1. The van der Waals surface area contributed by atoms with E-state index < -0.39 is 0 Å². The third kappa shape index (κ3) is 2.46. The van der Waals surface area contributed by atoms with Crippen LogP contribution in [0.3, 0.4) is 0 Å². The molecular formula is C15H24N2OS. The molecule has 3 rings (SSSR count). The van der Waals surface area contributed by atoms with Gasteiger partial charge < -0.3 is 10.1 Å². The fraction of sp³-hybridized carbons (Fsp3) is 0.800. The van der Waals surface area contributed by atoms with Crippen LogP contribution in [-0.4, -0.2) is 24.7 Å². The van der Waals surface area contributed by atoms with Gasteiger partial charge in [0, 0.05) is 17.4 Å². The summed E-state index contributed by atoms with van der Waals surface area (Å²) in [6.07, 6.45) is 6.19. The summed E-state index contributed by atoms with van der Waals surface area (Å²) in [5.74, 6) is 0.556. The zero-order valence-electron chi connectivity index (χ0n) is 12.0. The van der Waals surface area contributed by atoms with Crippen LogP contribution in [0.2, 0.25) is 0 Å². The van der Waals surface area contributed by atoms with Crippen LogP contribution >= 0.6 is 11.3 Å². The predicted octanol–water partition coefficient (Wildman–Crippen LogP) is 2.88. The van der Waals surface area contributed by atoms with Crippen molar-refractivity contribution in [3.8, 4) is 0 Å². The van der Waals surface area contributed by atoms with Gasteiger partial charge in [-0.25, -0.2) is 4.98 Å². The van der Waals surface area contributed by atoms with E-state index in [0.29, 0.717) is 5.92 Å². The largest absolute Gasteiger partial charge is 0.381 e. The van der Waals surface area contributed by atoms with Crippen LogP contribution in [0.15, 0.2) is 0 Å². The van der Waals surface area contributed by atoms with E-state index in [-0.39, 0.29) is 5.54 Å². The molecule has 0 bridgehead atoms.